The third-order valence-corrected chi connectivity index (χ3v) is 4.49. The first-order valence-electron chi connectivity index (χ1n) is 7.44. The molecule has 132 valence electrons. The van der Waals surface area contributed by atoms with Crippen LogP contribution in [0.15, 0.2) is 46.4 Å². The summed E-state index contributed by atoms with van der Waals surface area (Å²) >= 11 is 7.58. The minimum Gasteiger partial charge on any atom is -0.493 e. The van der Waals surface area contributed by atoms with Gasteiger partial charge in [0.1, 0.15) is 0 Å². The van der Waals surface area contributed by atoms with Crippen molar-refractivity contribution in [1.82, 2.24) is 5.43 Å². The average Bonchev–Trinajstić information content (AvgIpc) is 2.61. The number of rotatable bonds is 7. The highest BCUT2D eigenvalue weighted by Crippen LogP contribution is 2.29. The Labute approximate surface area is 156 Å². The van der Waals surface area contributed by atoms with Crippen molar-refractivity contribution in [3.8, 4) is 11.5 Å². The zero-order valence-corrected chi connectivity index (χ0v) is 15.8. The van der Waals surface area contributed by atoms with Crippen LogP contribution in [-0.4, -0.2) is 32.6 Å². The Bertz CT molecular complexity index is 781. The molecule has 0 aliphatic heterocycles. The summed E-state index contributed by atoms with van der Waals surface area (Å²) in [7, 11) is 3.12. The molecule has 2 aromatic rings. The molecule has 0 spiro atoms. The number of thioether (sulfide) groups is 1. The Morgan fingerprint density at radius 3 is 2.76 bits per heavy atom. The molecule has 2 aromatic carbocycles. The molecule has 0 saturated heterocycles. The van der Waals surface area contributed by atoms with Gasteiger partial charge in [0.25, 0.3) is 0 Å². The van der Waals surface area contributed by atoms with Gasteiger partial charge >= 0.3 is 0 Å². The van der Waals surface area contributed by atoms with Gasteiger partial charge in [0.2, 0.25) is 5.91 Å². The van der Waals surface area contributed by atoms with Crippen molar-refractivity contribution in [1.29, 1.82) is 0 Å². The van der Waals surface area contributed by atoms with Gasteiger partial charge in [-0.2, -0.15) is 5.10 Å². The van der Waals surface area contributed by atoms with E-state index in [1.54, 1.807) is 38.1 Å². The summed E-state index contributed by atoms with van der Waals surface area (Å²) in [4.78, 5) is 13.1. The summed E-state index contributed by atoms with van der Waals surface area (Å²) in [5, 5.41) is 4.60. The van der Waals surface area contributed by atoms with Gasteiger partial charge in [-0.05, 0) is 42.2 Å². The van der Waals surface area contributed by atoms with E-state index in [0.717, 1.165) is 10.5 Å². The fraction of sp³-hybridized carbons (Fsp3) is 0.222. The number of hydrogen-bond acceptors (Lipinski definition) is 5. The second-order valence-corrected chi connectivity index (χ2v) is 6.29. The maximum Gasteiger partial charge on any atom is 0.244 e. The Balaban J connectivity index is 2.06. The Morgan fingerprint density at radius 2 is 2.08 bits per heavy atom. The number of halogens is 1. The van der Waals surface area contributed by atoms with Gasteiger partial charge < -0.3 is 9.47 Å². The minimum absolute atomic E-state index is 0.198. The summed E-state index contributed by atoms with van der Waals surface area (Å²) in [5.41, 5.74) is 4.09. The number of hydrazone groups is 1. The van der Waals surface area contributed by atoms with Crippen molar-refractivity contribution in [3.05, 3.63) is 52.5 Å². The van der Waals surface area contributed by atoms with Gasteiger partial charge in [-0.1, -0.05) is 17.7 Å². The van der Waals surface area contributed by atoms with Crippen LogP contribution in [0.25, 0.3) is 0 Å². The maximum atomic E-state index is 12.1. The highest BCUT2D eigenvalue weighted by atomic mass is 35.5. The predicted octanol–water partition coefficient (Wildman–Crippen LogP) is 3.77. The number of para-hydroxylation sites is 1. The number of nitrogens with one attached hydrogen (secondary N) is 1. The monoisotopic (exact) mass is 378 g/mol. The van der Waals surface area contributed by atoms with E-state index in [1.807, 2.05) is 30.5 Å². The van der Waals surface area contributed by atoms with E-state index >= 15 is 0 Å². The molecule has 0 aliphatic rings. The van der Waals surface area contributed by atoms with E-state index in [-0.39, 0.29) is 12.3 Å². The first-order valence-corrected chi connectivity index (χ1v) is 9.04. The summed E-state index contributed by atoms with van der Waals surface area (Å²) in [6, 6.07) is 10.9. The molecule has 0 bridgehead atoms. The zero-order chi connectivity index (χ0) is 18.2. The van der Waals surface area contributed by atoms with E-state index in [9.17, 15) is 4.79 Å². The molecule has 2 rings (SSSR count). The number of hydrogen-bond donors (Lipinski definition) is 1. The van der Waals surface area contributed by atoms with E-state index < -0.39 is 0 Å². The highest BCUT2D eigenvalue weighted by molar-refractivity contribution is 7.98. The molecular weight excluding hydrogens is 360 g/mol. The minimum atomic E-state index is -0.226. The molecule has 25 heavy (non-hydrogen) atoms. The number of ether oxygens (including phenoxy) is 2. The Kier molecular flexibility index (Phi) is 7.16. The Hall–Kier alpha value is -2.18. The number of methoxy groups -OCH3 is 2. The molecule has 5 nitrogen and oxygen atoms in total. The van der Waals surface area contributed by atoms with Gasteiger partial charge in [-0.3, -0.25) is 4.79 Å². The highest BCUT2D eigenvalue weighted by Gasteiger charge is 2.09. The van der Waals surface area contributed by atoms with Crippen molar-refractivity contribution in [2.45, 2.75) is 11.3 Å². The number of carbonyl (C=O) groups excluding carboxylic acids is 1. The molecule has 1 N–H and O–H groups in total. The van der Waals surface area contributed by atoms with Crippen LogP contribution in [0.5, 0.6) is 11.5 Å². The van der Waals surface area contributed by atoms with Crippen LogP contribution >= 0.6 is 23.4 Å². The third-order valence-electron chi connectivity index (χ3n) is 3.42. The van der Waals surface area contributed by atoms with Gasteiger partial charge in [-0.15, -0.1) is 11.8 Å². The van der Waals surface area contributed by atoms with Crippen molar-refractivity contribution < 1.29 is 14.3 Å². The van der Waals surface area contributed by atoms with Gasteiger partial charge in [0.15, 0.2) is 11.5 Å². The molecule has 0 heterocycles. The van der Waals surface area contributed by atoms with Crippen molar-refractivity contribution >= 4 is 35.5 Å². The predicted molar refractivity (Wildman–Crippen MR) is 102 cm³/mol. The van der Waals surface area contributed by atoms with Crippen LogP contribution < -0.4 is 14.9 Å². The zero-order valence-electron chi connectivity index (χ0n) is 14.2. The molecule has 7 heteroatoms. The van der Waals surface area contributed by atoms with Gasteiger partial charge in [-0.25, -0.2) is 5.43 Å². The largest absolute Gasteiger partial charge is 0.493 e. The molecule has 0 aromatic heterocycles. The third kappa shape index (κ3) is 5.14. The molecule has 0 unspecified atom stereocenters. The lowest BCUT2D eigenvalue weighted by atomic mass is 10.1. The van der Waals surface area contributed by atoms with E-state index in [1.165, 1.54) is 6.21 Å². The smallest absolute Gasteiger partial charge is 0.244 e. The van der Waals surface area contributed by atoms with E-state index in [4.69, 9.17) is 21.1 Å². The van der Waals surface area contributed by atoms with Crippen LogP contribution in [0.2, 0.25) is 5.02 Å². The molecule has 1 amide bonds. The lowest BCUT2D eigenvalue weighted by molar-refractivity contribution is -0.120. The van der Waals surface area contributed by atoms with E-state index in [2.05, 4.69) is 10.5 Å². The average molecular weight is 379 g/mol. The van der Waals surface area contributed by atoms with E-state index in [0.29, 0.717) is 22.1 Å². The van der Waals surface area contributed by atoms with Crippen LogP contribution in [-0.2, 0) is 11.2 Å². The number of nitrogens with zero attached hydrogens (tertiary/aromatic N) is 1. The molecule has 0 fully saturated rings. The SMILES string of the molecule is COc1cccc(/C=N\NC(=O)Cc2cc(Cl)ccc2SC)c1OC. The topological polar surface area (TPSA) is 59.9 Å². The molecule has 0 saturated carbocycles. The molecule has 0 aliphatic carbocycles. The van der Waals surface area contributed by atoms with Crippen LogP contribution in [0.1, 0.15) is 11.1 Å². The number of amides is 1. The van der Waals surface area contributed by atoms with Gasteiger partial charge in [0, 0.05) is 15.5 Å². The summed E-state index contributed by atoms with van der Waals surface area (Å²) in [6.07, 6.45) is 3.67. The van der Waals surface area contributed by atoms with Crippen LogP contribution in [0.4, 0.5) is 0 Å². The number of benzene rings is 2. The summed E-state index contributed by atoms with van der Waals surface area (Å²) in [5.74, 6) is 0.930. The molecular formula is C18H19ClN2O3S. The fourth-order valence-corrected chi connectivity index (χ4v) is 3.08. The summed E-state index contributed by atoms with van der Waals surface area (Å²) in [6.45, 7) is 0. The van der Waals surface area contributed by atoms with Gasteiger partial charge in [0.05, 0.1) is 26.9 Å². The molecule has 0 radical (unpaired) electrons. The fourth-order valence-electron chi connectivity index (χ4n) is 2.29. The first kappa shape index (κ1) is 19.1. The maximum absolute atomic E-state index is 12.1. The van der Waals surface area contributed by atoms with Crippen molar-refractivity contribution in [2.75, 3.05) is 20.5 Å². The van der Waals surface area contributed by atoms with Crippen molar-refractivity contribution in [3.63, 3.8) is 0 Å². The standard InChI is InChI=1S/C18H19ClN2O3S/c1-23-15-6-4-5-12(18(15)24-2)11-20-21-17(22)10-13-9-14(19)7-8-16(13)25-3/h4-9,11H,10H2,1-3H3,(H,21,22)/b20-11-. The Morgan fingerprint density at radius 1 is 1.28 bits per heavy atom. The molecule has 0 atom stereocenters. The second kappa shape index (κ2) is 9.34. The summed E-state index contributed by atoms with van der Waals surface area (Å²) < 4.78 is 10.5. The normalized spacial score (nSPS) is 10.7. The lowest BCUT2D eigenvalue weighted by Gasteiger charge is -2.09. The number of carbonyl (C=O) groups is 1. The lowest BCUT2D eigenvalue weighted by Crippen LogP contribution is -2.20. The van der Waals surface area contributed by atoms with Crippen LogP contribution in [0, 0.1) is 0 Å². The first-order chi connectivity index (χ1) is 12.1. The quantitative estimate of drug-likeness (QED) is 0.452. The van der Waals surface area contributed by atoms with Crippen LogP contribution in [0.3, 0.4) is 0 Å². The van der Waals surface area contributed by atoms with Crippen molar-refractivity contribution in [2.24, 2.45) is 5.10 Å². The second-order valence-electron chi connectivity index (χ2n) is 5.01.